The summed E-state index contributed by atoms with van der Waals surface area (Å²) in [7, 11) is 0. The third kappa shape index (κ3) is 5.04. The highest BCUT2D eigenvalue weighted by molar-refractivity contribution is 7.80. The smallest absolute Gasteiger partial charge is 0.258 e. The number of aromatic nitrogens is 1. The van der Waals surface area contributed by atoms with E-state index in [0.29, 0.717) is 5.69 Å². The van der Waals surface area contributed by atoms with Crippen LogP contribution in [-0.2, 0) is 11.3 Å². The molecule has 3 N–H and O–H groups in total. The number of carbonyl (C=O) groups excluding carboxylic acids is 1. The van der Waals surface area contributed by atoms with Crippen LogP contribution in [0.2, 0.25) is 5.02 Å². The Bertz CT molecular complexity index is 796. The van der Waals surface area contributed by atoms with Crippen molar-refractivity contribution in [1.29, 1.82) is 0 Å². The molecule has 2 rings (SSSR count). The van der Waals surface area contributed by atoms with Crippen LogP contribution in [0.15, 0.2) is 47.4 Å². The van der Waals surface area contributed by atoms with Gasteiger partial charge < -0.3 is 9.88 Å². The number of anilines is 1. The molecule has 0 aliphatic heterocycles. The van der Waals surface area contributed by atoms with E-state index in [1.807, 2.05) is 0 Å². The van der Waals surface area contributed by atoms with Crippen molar-refractivity contribution in [3.05, 3.63) is 63.8 Å². The van der Waals surface area contributed by atoms with E-state index in [0.717, 1.165) is 0 Å². The number of halogens is 2. The van der Waals surface area contributed by atoms with E-state index >= 15 is 0 Å². The second kappa shape index (κ2) is 7.70. The molecule has 0 fully saturated rings. The molecule has 0 atom stereocenters. The first-order chi connectivity index (χ1) is 11.0. The fourth-order valence-corrected chi connectivity index (χ4v) is 2.00. The molecule has 1 aromatic carbocycles. The molecule has 2 aromatic rings. The molecule has 0 radical (unpaired) electrons. The summed E-state index contributed by atoms with van der Waals surface area (Å²) in [5.41, 5.74) is 4.99. The van der Waals surface area contributed by atoms with Gasteiger partial charge in [-0.15, -0.1) is 0 Å². The van der Waals surface area contributed by atoms with Crippen LogP contribution in [0.1, 0.15) is 0 Å². The van der Waals surface area contributed by atoms with E-state index in [1.165, 1.54) is 35.0 Å². The Balaban J connectivity index is 1.84. The molecule has 9 heteroatoms. The molecule has 0 bridgehead atoms. The van der Waals surface area contributed by atoms with Crippen molar-refractivity contribution in [2.45, 2.75) is 6.54 Å². The van der Waals surface area contributed by atoms with Crippen LogP contribution in [0.5, 0.6) is 0 Å². The number of rotatable bonds is 3. The summed E-state index contributed by atoms with van der Waals surface area (Å²) in [6.07, 6.45) is 1.50. The normalized spacial score (nSPS) is 10.0. The predicted octanol–water partition coefficient (Wildman–Crippen LogP) is 1.66. The van der Waals surface area contributed by atoms with Gasteiger partial charge in [-0.05, 0) is 36.5 Å². The van der Waals surface area contributed by atoms with Gasteiger partial charge in [0.2, 0.25) is 0 Å². The second-order valence-electron chi connectivity index (χ2n) is 4.42. The molecule has 120 valence electrons. The van der Waals surface area contributed by atoms with Crippen molar-refractivity contribution in [2.24, 2.45) is 0 Å². The number of carbonyl (C=O) groups is 1. The SMILES string of the molecule is O=C(Cn1ccccc1=O)NNC(=S)Nc1ccc(F)c(Cl)c1. The molecule has 6 nitrogen and oxygen atoms in total. The van der Waals surface area contributed by atoms with Gasteiger partial charge in [0.15, 0.2) is 5.11 Å². The maximum absolute atomic E-state index is 13.0. The number of thiocarbonyl (C=S) groups is 1. The van der Waals surface area contributed by atoms with Crippen molar-refractivity contribution in [3.8, 4) is 0 Å². The summed E-state index contributed by atoms with van der Waals surface area (Å²) < 4.78 is 14.3. The summed E-state index contributed by atoms with van der Waals surface area (Å²) in [6, 6.07) is 8.57. The fraction of sp³-hybridized carbons (Fsp3) is 0.0714. The highest BCUT2D eigenvalue weighted by Crippen LogP contribution is 2.19. The summed E-state index contributed by atoms with van der Waals surface area (Å²) >= 11 is 10.6. The minimum absolute atomic E-state index is 0.0507. The Morgan fingerprint density at radius 1 is 1.26 bits per heavy atom. The van der Waals surface area contributed by atoms with Crippen LogP contribution in [0, 0.1) is 5.82 Å². The largest absolute Gasteiger partial charge is 0.331 e. The van der Waals surface area contributed by atoms with Gasteiger partial charge in [-0.2, -0.15) is 0 Å². The van der Waals surface area contributed by atoms with E-state index in [4.69, 9.17) is 23.8 Å². The molecule has 0 saturated heterocycles. The van der Waals surface area contributed by atoms with Crippen LogP contribution in [-0.4, -0.2) is 15.6 Å². The Labute approximate surface area is 141 Å². The lowest BCUT2D eigenvalue weighted by Gasteiger charge is -2.12. The third-order valence-electron chi connectivity index (χ3n) is 2.71. The summed E-state index contributed by atoms with van der Waals surface area (Å²) in [4.78, 5) is 23.2. The van der Waals surface area contributed by atoms with Gasteiger partial charge >= 0.3 is 0 Å². The highest BCUT2D eigenvalue weighted by atomic mass is 35.5. The predicted molar refractivity (Wildman–Crippen MR) is 89.6 cm³/mol. The lowest BCUT2D eigenvalue weighted by atomic mass is 10.3. The fourth-order valence-electron chi connectivity index (χ4n) is 1.65. The first kappa shape index (κ1) is 16.9. The van der Waals surface area contributed by atoms with Crippen molar-refractivity contribution in [3.63, 3.8) is 0 Å². The van der Waals surface area contributed by atoms with Gasteiger partial charge in [-0.1, -0.05) is 17.7 Å². The maximum Gasteiger partial charge on any atom is 0.258 e. The number of benzene rings is 1. The molecule has 23 heavy (non-hydrogen) atoms. The van der Waals surface area contributed by atoms with E-state index in [2.05, 4.69) is 16.2 Å². The van der Waals surface area contributed by atoms with Crippen LogP contribution in [0.4, 0.5) is 10.1 Å². The molecule has 0 spiro atoms. The Morgan fingerprint density at radius 3 is 2.74 bits per heavy atom. The van der Waals surface area contributed by atoms with Gasteiger partial charge in [0.25, 0.3) is 11.5 Å². The third-order valence-corrected chi connectivity index (χ3v) is 3.20. The summed E-state index contributed by atoms with van der Waals surface area (Å²) in [6.45, 7) is -0.155. The molecular formula is C14H12ClFN4O2S. The topological polar surface area (TPSA) is 75.2 Å². The van der Waals surface area contributed by atoms with Gasteiger partial charge in [0, 0.05) is 18.0 Å². The van der Waals surface area contributed by atoms with Gasteiger partial charge in [0.05, 0.1) is 5.02 Å². The monoisotopic (exact) mass is 354 g/mol. The number of pyridine rings is 1. The molecule has 0 unspecified atom stereocenters. The second-order valence-corrected chi connectivity index (χ2v) is 5.24. The minimum atomic E-state index is -0.544. The Kier molecular flexibility index (Phi) is 5.67. The van der Waals surface area contributed by atoms with E-state index in [1.54, 1.807) is 12.1 Å². The van der Waals surface area contributed by atoms with E-state index < -0.39 is 11.7 Å². The van der Waals surface area contributed by atoms with E-state index in [-0.39, 0.29) is 22.2 Å². The zero-order chi connectivity index (χ0) is 16.8. The average Bonchev–Trinajstić information content (AvgIpc) is 2.51. The Hall–Kier alpha value is -2.45. The summed E-state index contributed by atoms with van der Waals surface area (Å²) in [5, 5.41) is 2.76. The number of hydrogen-bond acceptors (Lipinski definition) is 3. The molecule has 1 aromatic heterocycles. The molecule has 0 aliphatic rings. The molecule has 1 amide bonds. The minimum Gasteiger partial charge on any atom is -0.331 e. The van der Waals surface area contributed by atoms with E-state index in [9.17, 15) is 14.0 Å². The number of hydrogen-bond donors (Lipinski definition) is 3. The van der Waals surface area contributed by atoms with Gasteiger partial charge in [-0.25, -0.2) is 4.39 Å². The maximum atomic E-state index is 13.0. The quantitative estimate of drug-likeness (QED) is 0.577. The average molecular weight is 355 g/mol. The van der Waals surface area contributed by atoms with Crippen molar-refractivity contribution in [1.82, 2.24) is 15.4 Å². The zero-order valence-corrected chi connectivity index (χ0v) is 13.2. The van der Waals surface area contributed by atoms with Crippen molar-refractivity contribution < 1.29 is 9.18 Å². The van der Waals surface area contributed by atoms with Gasteiger partial charge in [0.1, 0.15) is 12.4 Å². The first-order valence-corrected chi connectivity index (χ1v) is 7.20. The molecular weight excluding hydrogens is 343 g/mol. The lowest BCUT2D eigenvalue weighted by Crippen LogP contribution is -2.45. The lowest BCUT2D eigenvalue weighted by molar-refractivity contribution is -0.122. The Morgan fingerprint density at radius 2 is 2.04 bits per heavy atom. The van der Waals surface area contributed by atoms with Crippen LogP contribution in [0.25, 0.3) is 0 Å². The number of nitrogens with one attached hydrogen (secondary N) is 3. The molecule has 1 heterocycles. The molecule has 0 aliphatic carbocycles. The highest BCUT2D eigenvalue weighted by Gasteiger charge is 2.06. The van der Waals surface area contributed by atoms with Gasteiger partial charge in [-0.3, -0.25) is 20.4 Å². The number of nitrogens with zero attached hydrogens (tertiary/aromatic N) is 1. The van der Waals surface area contributed by atoms with Crippen molar-refractivity contribution >= 4 is 40.5 Å². The van der Waals surface area contributed by atoms with Crippen LogP contribution in [0.3, 0.4) is 0 Å². The molecule has 0 saturated carbocycles. The standard InChI is InChI=1S/C14H12ClFN4O2S/c15-10-7-9(4-5-11(10)16)17-14(23)19-18-12(21)8-20-6-2-1-3-13(20)22/h1-7H,8H2,(H,18,21)(H2,17,19,23). The summed E-state index contributed by atoms with van der Waals surface area (Å²) in [5.74, 6) is -1.00. The number of hydrazine groups is 1. The number of amides is 1. The van der Waals surface area contributed by atoms with Crippen molar-refractivity contribution in [2.75, 3.05) is 5.32 Å². The van der Waals surface area contributed by atoms with Crippen LogP contribution < -0.4 is 21.7 Å². The first-order valence-electron chi connectivity index (χ1n) is 6.42. The zero-order valence-electron chi connectivity index (χ0n) is 11.7. The van der Waals surface area contributed by atoms with Crippen LogP contribution >= 0.6 is 23.8 Å².